The molecule has 1 heterocycles. The Bertz CT molecular complexity index is 497. The predicted molar refractivity (Wildman–Crippen MR) is 78.2 cm³/mol. The molecule has 0 radical (unpaired) electrons. The summed E-state index contributed by atoms with van der Waals surface area (Å²) >= 11 is 6.87. The summed E-state index contributed by atoms with van der Waals surface area (Å²) in [5, 5.41) is 0. The standard InChI is InChI=1S/C13H12Br2N2/c1-17(13-6-12(15)7-16-8-13)9-10-2-4-11(14)5-3-10/h2-8H,9H2,1H3. The summed E-state index contributed by atoms with van der Waals surface area (Å²) in [6, 6.07) is 10.4. The fourth-order valence-corrected chi connectivity index (χ4v) is 2.18. The van der Waals surface area contributed by atoms with E-state index in [1.54, 1.807) is 6.20 Å². The van der Waals surface area contributed by atoms with E-state index < -0.39 is 0 Å². The number of rotatable bonds is 3. The lowest BCUT2D eigenvalue weighted by Gasteiger charge is -2.19. The molecular formula is C13H12Br2N2. The summed E-state index contributed by atoms with van der Waals surface area (Å²) in [7, 11) is 2.06. The third kappa shape index (κ3) is 3.54. The van der Waals surface area contributed by atoms with E-state index in [9.17, 15) is 0 Å². The molecule has 0 amide bonds. The van der Waals surface area contributed by atoms with Crippen molar-refractivity contribution in [3.05, 3.63) is 57.2 Å². The Hall–Kier alpha value is -0.870. The molecule has 0 saturated carbocycles. The topological polar surface area (TPSA) is 16.1 Å². The van der Waals surface area contributed by atoms with Crippen molar-refractivity contribution in [1.82, 2.24) is 4.98 Å². The van der Waals surface area contributed by atoms with Crippen molar-refractivity contribution in [1.29, 1.82) is 0 Å². The number of hydrogen-bond donors (Lipinski definition) is 0. The van der Waals surface area contributed by atoms with Crippen molar-refractivity contribution in [2.45, 2.75) is 6.54 Å². The molecule has 2 aromatic rings. The Morgan fingerprint density at radius 1 is 1.06 bits per heavy atom. The number of benzene rings is 1. The molecule has 2 nitrogen and oxygen atoms in total. The third-order valence-electron chi connectivity index (χ3n) is 2.46. The van der Waals surface area contributed by atoms with Crippen LogP contribution in [0.2, 0.25) is 0 Å². The van der Waals surface area contributed by atoms with Gasteiger partial charge in [0.25, 0.3) is 0 Å². The van der Waals surface area contributed by atoms with Crippen LogP contribution in [0.15, 0.2) is 51.7 Å². The minimum Gasteiger partial charge on any atom is -0.369 e. The Balaban J connectivity index is 2.11. The van der Waals surface area contributed by atoms with Crippen LogP contribution >= 0.6 is 31.9 Å². The lowest BCUT2D eigenvalue weighted by molar-refractivity contribution is 0.917. The predicted octanol–water partition coefficient (Wildman–Crippen LogP) is 4.24. The lowest BCUT2D eigenvalue weighted by atomic mass is 10.2. The fraction of sp³-hybridized carbons (Fsp3) is 0.154. The Morgan fingerprint density at radius 2 is 1.76 bits per heavy atom. The van der Waals surface area contributed by atoms with E-state index in [4.69, 9.17) is 0 Å². The van der Waals surface area contributed by atoms with Crippen LogP contribution in [-0.4, -0.2) is 12.0 Å². The quantitative estimate of drug-likeness (QED) is 0.818. The highest BCUT2D eigenvalue weighted by Gasteiger charge is 2.03. The Morgan fingerprint density at radius 3 is 2.41 bits per heavy atom. The van der Waals surface area contributed by atoms with Gasteiger partial charge < -0.3 is 4.90 Å². The number of pyridine rings is 1. The van der Waals surface area contributed by atoms with E-state index in [0.29, 0.717) is 0 Å². The smallest absolute Gasteiger partial charge is 0.0564 e. The zero-order chi connectivity index (χ0) is 12.3. The first-order valence-corrected chi connectivity index (χ1v) is 6.80. The van der Waals surface area contributed by atoms with Crippen molar-refractivity contribution in [2.75, 3.05) is 11.9 Å². The molecule has 4 heteroatoms. The molecule has 0 saturated heterocycles. The molecule has 0 fully saturated rings. The molecular weight excluding hydrogens is 344 g/mol. The average Bonchev–Trinajstić information content (AvgIpc) is 2.32. The number of anilines is 1. The van der Waals surface area contributed by atoms with Gasteiger partial charge in [-0.1, -0.05) is 28.1 Å². The van der Waals surface area contributed by atoms with Gasteiger partial charge in [0.1, 0.15) is 0 Å². The fourth-order valence-electron chi connectivity index (χ4n) is 1.56. The maximum absolute atomic E-state index is 4.16. The number of halogens is 2. The lowest BCUT2D eigenvalue weighted by Crippen LogP contribution is -2.16. The molecule has 0 aliphatic heterocycles. The molecule has 0 spiro atoms. The second-order valence-corrected chi connectivity index (χ2v) is 5.68. The molecule has 0 unspecified atom stereocenters. The molecule has 0 aliphatic rings. The number of nitrogens with zero attached hydrogens (tertiary/aromatic N) is 2. The molecule has 0 bridgehead atoms. The van der Waals surface area contributed by atoms with Gasteiger partial charge in [0, 0.05) is 28.7 Å². The highest BCUT2D eigenvalue weighted by molar-refractivity contribution is 9.10. The van der Waals surface area contributed by atoms with Crippen LogP contribution < -0.4 is 4.90 Å². The first-order valence-electron chi connectivity index (χ1n) is 5.21. The minimum atomic E-state index is 0.866. The van der Waals surface area contributed by atoms with Gasteiger partial charge >= 0.3 is 0 Å². The van der Waals surface area contributed by atoms with Crippen LogP contribution in [0.4, 0.5) is 5.69 Å². The maximum atomic E-state index is 4.16. The summed E-state index contributed by atoms with van der Waals surface area (Å²) in [5.74, 6) is 0. The summed E-state index contributed by atoms with van der Waals surface area (Å²) < 4.78 is 2.10. The van der Waals surface area contributed by atoms with Gasteiger partial charge in [-0.2, -0.15) is 0 Å². The SMILES string of the molecule is CN(Cc1ccc(Br)cc1)c1cncc(Br)c1. The number of aromatic nitrogens is 1. The zero-order valence-electron chi connectivity index (χ0n) is 9.40. The molecule has 1 aromatic carbocycles. The largest absolute Gasteiger partial charge is 0.369 e. The summed E-state index contributed by atoms with van der Waals surface area (Å²) in [4.78, 5) is 6.33. The second kappa shape index (κ2) is 5.65. The van der Waals surface area contributed by atoms with Gasteiger partial charge in [0.15, 0.2) is 0 Å². The summed E-state index contributed by atoms with van der Waals surface area (Å²) in [6.07, 6.45) is 3.65. The van der Waals surface area contributed by atoms with Crippen molar-refractivity contribution in [3.63, 3.8) is 0 Å². The van der Waals surface area contributed by atoms with Gasteiger partial charge in [0.05, 0.1) is 11.9 Å². The van der Waals surface area contributed by atoms with Crippen molar-refractivity contribution >= 4 is 37.5 Å². The van der Waals surface area contributed by atoms with E-state index in [0.717, 1.165) is 21.2 Å². The molecule has 0 N–H and O–H groups in total. The summed E-state index contributed by atoms with van der Waals surface area (Å²) in [5.41, 5.74) is 2.37. The monoisotopic (exact) mass is 354 g/mol. The second-order valence-electron chi connectivity index (χ2n) is 3.84. The van der Waals surface area contributed by atoms with E-state index in [-0.39, 0.29) is 0 Å². The van der Waals surface area contributed by atoms with Crippen LogP contribution in [0.25, 0.3) is 0 Å². The zero-order valence-corrected chi connectivity index (χ0v) is 12.6. The molecule has 2 rings (SSSR count). The van der Waals surface area contributed by atoms with E-state index in [1.165, 1.54) is 5.56 Å². The normalized spacial score (nSPS) is 10.3. The van der Waals surface area contributed by atoms with Crippen molar-refractivity contribution in [3.8, 4) is 0 Å². The molecule has 1 aromatic heterocycles. The molecule has 0 atom stereocenters. The third-order valence-corrected chi connectivity index (χ3v) is 3.43. The van der Waals surface area contributed by atoms with Crippen LogP contribution in [-0.2, 0) is 6.54 Å². The van der Waals surface area contributed by atoms with Crippen molar-refractivity contribution in [2.24, 2.45) is 0 Å². The van der Waals surface area contributed by atoms with Crippen LogP contribution in [0.3, 0.4) is 0 Å². The summed E-state index contributed by atoms with van der Waals surface area (Å²) in [6.45, 7) is 0.866. The van der Waals surface area contributed by atoms with Gasteiger partial charge in [0.2, 0.25) is 0 Å². The van der Waals surface area contributed by atoms with Gasteiger partial charge in [-0.05, 0) is 39.7 Å². The van der Waals surface area contributed by atoms with E-state index in [1.807, 2.05) is 6.20 Å². The number of hydrogen-bond acceptors (Lipinski definition) is 2. The van der Waals surface area contributed by atoms with E-state index in [2.05, 4.69) is 79.1 Å². The van der Waals surface area contributed by atoms with Gasteiger partial charge in [-0.25, -0.2) is 0 Å². The van der Waals surface area contributed by atoms with Gasteiger partial charge in [-0.15, -0.1) is 0 Å². The van der Waals surface area contributed by atoms with Gasteiger partial charge in [-0.3, -0.25) is 4.98 Å². The van der Waals surface area contributed by atoms with E-state index >= 15 is 0 Å². The maximum Gasteiger partial charge on any atom is 0.0564 e. The first-order chi connectivity index (χ1) is 8.15. The van der Waals surface area contributed by atoms with Crippen molar-refractivity contribution < 1.29 is 0 Å². The Labute approximate surface area is 118 Å². The van der Waals surface area contributed by atoms with Crippen LogP contribution in [0.1, 0.15) is 5.56 Å². The minimum absolute atomic E-state index is 0.866. The highest BCUT2D eigenvalue weighted by atomic mass is 79.9. The molecule has 17 heavy (non-hydrogen) atoms. The highest BCUT2D eigenvalue weighted by Crippen LogP contribution is 2.19. The van der Waals surface area contributed by atoms with Crippen LogP contribution in [0.5, 0.6) is 0 Å². The first kappa shape index (κ1) is 12.6. The Kier molecular flexibility index (Phi) is 4.18. The molecule has 0 aliphatic carbocycles. The average molecular weight is 356 g/mol. The van der Waals surface area contributed by atoms with Crippen LogP contribution in [0, 0.1) is 0 Å². The molecule has 88 valence electrons.